The van der Waals surface area contributed by atoms with Gasteiger partial charge in [-0.1, -0.05) is 44.2 Å². The smallest absolute Gasteiger partial charge is 0.225 e. The van der Waals surface area contributed by atoms with Crippen LogP contribution in [0.1, 0.15) is 31.5 Å². The van der Waals surface area contributed by atoms with Gasteiger partial charge in [0.05, 0.1) is 18.5 Å². The van der Waals surface area contributed by atoms with Crippen LogP contribution in [0.3, 0.4) is 0 Å². The molecule has 0 aliphatic heterocycles. The lowest BCUT2D eigenvalue weighted by Gasteiger charge is -2.21. The average Bonchev–Trinajstić information content (AvgIpc) is 2.72. The second-order valence-corrected chi connectivity index (χ2v) is 7.75. The van der Waals surface area contributed by atoms with E-state index in [1.165, 1.54) is 5.56 Å². The minimum absolute atomic E-state index is 0.0348. The summed E-state index contributed by atoms with van der Waals surface area (Å²) in [6.07, 6.45) is 2.11. The van der Waals surface area contributed by atoms with Gasteiger partial charge in [0.25, 0.3) is 0 Å². The maximum atomic E-state index is 12.5. The number of carbonyl (C=O) groups is 1. The minimum atomic E-state index is -0.0348. The Kier molecular flexibility index (Phi) is 5.30. The summed E-state index contributed by atoms with van der Waals surface area (Å²) in [5.74, 6) is 1.63. The van der Waals surface area contributed by atoms with Crippen LogP contribution in [0.15, 0.2) is 48.5 Å². The van der Waals surface area contributed by atoms with Gasteiger partial charge in [-0.2, -0.15) is 0 Å². The SMILES string of the molecule is COc1ccc2c(c1)CCc1nc(NC(=O)CC(C)C)c(-c3ccccc3)nc1-2. The highest BCUT2D eigenvalue weighted by Gasteiger charge is 2.23. The molecular weight excluding hydrogens is 362 g/mol. The topological polar surface area (TPSA) is 64.1 Å². The fourth-order valence-electron chi connectivity index (χ4n) is 3.69. The third-order valence-corrected chi connectivity index (χ3v) is 5.07. The molecule has 0 unspecified atom stereocenters. The van der Waals surface area contributed by atoms with Gasteiger partial charge >= 0.3 is 0 Å². The van der Waals surface area contributed by atoms with Crippen molar-refractivity contribution in [2.24, 2.45) is 5.92 Å². The molecule has 0 fully saturated rings. The Morgan fingerprint density at radius 2 is 1.86 bits per heavy atom. The first-order chi connectivity index (χ1) is 14.0. The summed E-state index contributed by atoms with van der Waals surface area (Å²) < 4.78 is 5.37. The van der Waals surface area contributed by atoms with Gasteiger partial charge in [0, 0.05) is 17.5 Å². The number of hydrogen-bond donors (Lipinski definition) is 1. The van der Waals surface area contributed by atoms with E-state index in [2.05, 4.69) is 11.4 Å². The molecule has 0 saturated carbocycles. The molecular formula is C24H25N3O2. The summed E-state index contributed by atoms with van der Waals surface area (Å²) in [7, 11) is 1.68. The van der Waals surface area contributed by atoms with Crippen LogP contribution in [-0.4, -0.2) is 23.0 Å². The summed E-state index contributed by atoms with van der Waals surface area (Å²) in [6, 6.07) is 16.0. The van der Waals surface area contributed by atoms with E-state index in [9.17, 15) is 4.79 Å². The standard InChI is InChI=1S/C24H25N3O2/c1-15(2)13-21(28)26-24-22(16-7-5-4-6-8-16)27-23-19-11-10-18(29-3)14-17(19)9-12-20(23)25-24/h4-8,10-11,14-15H,9,12-13H2,1-3H3,(H,25,26,28). The molecule has 0 bridgehead atoms. The number of ether oxygens (including phenoxy) is 1. The number of aryl methyl sites for hydroxylation is 2. The first-order valence-electron chi connectivity index (χ1n) is 9.98. The highest BCUT2D eigenvalue weighted by atomic mass is 16.5. The number of anilines is 1. The second kappa shape index (κ2) is 8.03. The fraction of sp³-hybridized carbons (Fsp3) is 0.292. The predicted octanol–water partition coefficient (Wildman–Crippen LogP) is 4.90. The molecule has 0 saturated heterocycles. The monoisotopic (exact) mass is 387 g/mol. The lowest BCUT2D eigenvalue weighted by Crippen LogP contribution is -2.18. The number of hydrogen-bond acceptors (Lipinski definition) is 4. The van der Waals surface area contributed by atoms with Crippen LogP contribution in [-0.2, 0) is 17.6 Å². The fourth-order valence-corrected chi connectivity index (χ4v) is 3.69. The predicted molar refractivity (Wildman–Crippen MR) is 115 cm³/mol. The van der Waals surface area contributed by atoms with Gasteiger partial charge in [-0.05, 0) is 42.5 Å². The number of rotatable bonds is 5. The summed E-state index contributed by atoms with van der Waals surface area (Å²) >= 11 is 0. The van der Waals surface area contributed by atoms with Gasteiger partial charge in [-0.15, -0.1) is 0 Å². The molecule has 0 radical (unpaired) electrons. The van der Waals surface area contributed by atoms with Gasteiger partial charge in [-0.25, -0.2) is 9.97 Å². The van der Waals surface area contributed by atoms with Crippen molar-refractivity contribution in [2.75, 3.05) is 12.4 Å². The van der Waals surface area contributed by atoms with Gasteiger partial charge in [0.15, 0.2) is 5.82 Å². The third kappa shape index (κ3) is 3.99. The first kappa shape index (κ1) is 19.1. The van der Waals surface area contributed by atoms with Crippen molar-refractivity contribution in [3.8, 4) is 28.3 Å². The number of nitrogens with one attached hydrogen (secondary N) is 1. The third-order valence-electron chi connectivity index (χ3n) is 5.07. The maximum absolute atomic E-state index is 12.5. The van der Waals surface area contributed by atoms with Crippen LogP contribution in [0.25, 0.3) is 22.5 Å². The Bertz CT molecular complexity index is 1050. The van der Waals surface area contributed by atoms with Gasteiger partial charge in [0.2, 0.25) is 5.91 Å². The zero-order chi connectivity index (χ0) is 20.4. The maximum Gasteiger partial charge on any atom is 0.225 e. The highest BCUT2D eigenvalue weighted by Crippen LogP contribution is 2.37. The van der Waals surface area contributed by atoms with Crippen LogP contribution < -0.4 is 10.1 Å². The van der Waals surface area contributed by atoms with E-state index in [4.69, 9.17) is 14.7 Å². The van der Waals surface area contributed by atoms with Crippen LogP contribution >= 0.6 is 0 Å². The summed E-state index contributed by atoms with van der Waals surface area (Å²) in [4.78, 5) is 22.3. The van der Waals surface area contributed by atoms with E-state index >= 15 is 0 Å². The number of methoxy groups -OCH3 is 1. The van der Waals surface area contributed by atoms with Crippen molar-refractivity contribution >= 4 is 11.7 Å². The molecule has 2 aromatic carbocycles. The number of amides is 1. The zero-order valence-corrected chi connectivity index (χ0v) is 17.0. The van der Waals surface area contributed by atoms with Crippen molar-refractivity contribution in [1.29, 1.82) is 0 Å². The second-order valence-electron chi connectivity index (χ2n) is 7.75. The van der Waals surface area contributed by atoms with Crippen molar-refractivity contribution in [3.63, 3.8) is 0 Å². The van der Waals surface area contributed by atoms with Crippen molar-refractivity contribution < 1.29 is 9.53 Å². The number of benzene rings is 2. The molecule has 5 nitrogen and oxygen atoms in total. The van der Waals surface area contributed by atoms with Crippen molar-refractivity contribution in [2.45, 2.75) is 33.1 Å². The van der Waals surface area contributed by atoms with E-state index < -0.39 is 0 Å². The number of carbonyl (C=O) groups excluding carboxylic acids is 1. The zero-order valence-electron chi connectivity index (χ0n) is 17.0. The van der Waals surface area contributed by atoms with Crippen LogP contribution in [0.4, 0.5) is 5.82 Å². The van der Waals surface area contributed by atoms with E-state index in [1.807, 2.05) is 56.3 Å². The normalized spacial score (nSPS) is 12.3. The van der Waals surface area contributed by atoms with E-state index in [1.54, 1.807) is 7.11 Å². The van der Waals surface area contributed by atoms with Gasteiger partial charge in [-0.3, -0.25) is 4.79 Å². The summed E-state index contributed by atoms with van der Waals surface area (Å²) in [5, 5.41) is 3.00. The Labute approximate surface area is 171 Å². The lowest BCUT2D eigenvalue weighted by atomic mass is 9.91. The molecule has 1 aliphatic rings. The molecule has 1 heterocycles. The Morgan fingerprint density at radius 1 is 1.07 bits per heavy atom. The minimum Gasteiger partial charge on any atom is -0.497 e. The van der Waals surface area contributed by atoms with Gasteiger partial charge < -0.3 is 10.1 Å². The highest BCUT2D eigenvalue weighted by molar-refractivity contribution is 5.94. The lowest BCUT2D eigenvalue weighted by molar-refractivity contribution is -0.116. The quantitative estimate of drug-likeness (QED) is 0.676. The van der Waals surface area contributed by atoms with Crippen LogP contribution in [0.5, 0.6) is 5.75 Å². The molecule has 29 heavy (non-hydrogen) atoms. The van der Waals surface area contributed by atoms with Crippen molar-refractivity contribution in [1.82, 2.24) is 9.97 Å². The molecule has 0 spiro atoms. The number of nitrogens with zero attached hydrogens (tertiary/aromatic N) is 2. The van der Waals surface area contributed by atoms with E-state index in [0.29, 0.717) is 17.9 Å². The molecule has 1 amide bonds. The molecule has 5 heteroatoms. The molecule has 4 rings (SSSR count). The first-order valence-corrected chi connectivity index (χ1v) is 9.98. The number of aromatic nitrogens is 2. The van der Waals surface area contributed by atoms with Crippen LogP contribution in [0.2, 0.25) is 0 Å². The molecule has 148 valence electrons. The Balaban J connectivity index is 1.82. The molecule has 0 atom stereocenters. The average molecular weight is 387 g/mol. The molecule has 1 aliphatic carbocycles. The molecule has 1 aromatic heterocycles. The van der Waals surface area contributed by atoms with Crippen LogP contribution in [0, 0.1) is 5.92 Å². The Hall–Kier alpha value is -3.21. The molecule has 1 N–H and O–H groups in total. The largest absolute Gasteiger partial charge is 0.497 e. The Morgan fingerprint density at radius 3 is 2.59 bits per heavy atom. The summed E-state index contributed by atoms with van der Waals surface area (Å²) in [6.45, 7) is 4.06. The van der Waals surface area contributed by atoms with Crippen molar-refractivity contribution in [3.05, 3.63) is 59.8 Å². The summed E-state index contributed by atoms with van der Waals surface area (Å²) in [5.41, 5.74) is 5.73. The van der Waals surface area contributed by atoms with E-state index in [-0.39, 0.29) is 11.8 Å². The van der Waals surface area contributed by atoms with E-state index in [0.717, 1.165) is 41.1 Å². The number of fused-ring (bicyclic) bond motifs is 3. The van der Waals surface area contributed by atoms with Gasteiger partial charge in [0.1, 0.15) is 11.4 Å². The molecule has 3 aromatic rings.